The fourth-order valence-electron chi connectivity index (χ4n) is 3.79. The molecule has 1 saturated heterocycles. The third-order valence-corrected chi connectivity index (χ3v) is 5.49. The van der Waals surface area contributed by atoms with Gasteiger partial charge in [0.15, 0.2) is 0 Å². The van der Waals surface area contributed by atoms with Crippen LogP contribution in [0.15, 0.2) is 24.3 Å². The highest BCUT2D eigenvalue weighted by molar-refractivity contribution is 5.94. The molecule has 7 nitrogen and oxygen atoms in total. The molecule has 1 aromatic rings. The van der Waals surface area contributed by atoms with E-state index in [4.69, 9.17) is 4.74 Å². The Morgan fingerprint density at radius 1 is 1.10 bits per heavy atom. The predicted octanol–water partition coefficient (Wildman–Crippen LogP) is 2.85. The van der Waals surface area contributed by atoms with E-state index in [9.17, 15) is 14.4 Å². The highest BCUT2D eigenvalue weighted by Crippen LogP contribution is 2.24. The normalized spacial score (nSPS) is 15.6. The van der Waals surface area contributed by atoms with Gasteiger partial charge in [0.2, 0.25) is 11.8 Å². The first-order valence-corrected chi connectivity index (χ1v) is 11.2. The highest BCUT2D eigenvalue weighted by atomic mass is 16.5. The zero-order chi connectivity index (χ0) is 23.0. The van der Waals surface area contributed by atoms with E-state index < -0.39 is 6.04 Å². The number of piperidine rings is 1. The van der Waals surface area contributed by atoms with E-state index in [1.165, 1.54) is 0 Å². The fourth-order valence-corrected chi connectivity index (χ4v) is 3.79. The zero-order valence-electron chi connectivity index (χ0n) is 19.4. The van der Waals surface area contributed by atoms with E-state index >= 15 is 0 Å². The molecule has 0 radical (unpaired) electrons. The Kier molecular flexibility index (Phi) is 9.34. The first-order chi connectivity index (χ1) is 14.7. The second-order valence-corrected chi connectivity index (χ2v) is 9.14. The molecule has 3 amide bonds. The second-order valence-electron chi connectivity index (χ2n) is 9.14. The predicted molar refractivity (Wildman–Crippen MR) is 121 cm³/mol. The number of nitrogens with one attached hydrogen (secondary N) is 2. The van der Waals surface area contributed by atoms with Crippen LogP contribution in [0.5, 0.6) is 5.75 Å². The lowest BCUT2D eigenvalue weighted by Gasteiger charge is -2.36. The first kappa shape index (κ1) is 24.7. The van der Waals surface area contributed by atoms with Crippen LogP contribution in [-0.4, -0.2) is 55.4 Å². The maximum atomic E-state index is 12.9. The number of nitrogens with zero attached hydrogens (tertiary/aromatic N) is 1. The molecule has 1 aromatic carbocycles. The molecule has 1 aliphatic rings. The topological polar surface area (TPSA) is 87.7 Å². The molecule has 172 valence electrons. The largest absolute Gasteiger partial charge is 0.497 e. The van der Waals surface area contributed by atoms with Crippen molar-refractivity contribution >= 4 is 17.7 Å². The van der Waals surface area contributed by atoms with Gasteiger partial charge < -0.3 is 20.3 Å². The van der Waals surface area contributed by atoms with Crippen LogP contribution in [0.3, 0.4) is 0 Å². The summed E-state index contributed by atoms with van der Waals surface area (Å²) in [6, 6.07) is 6.56. The Bertz CT molecular complexity index is 755. The van der Waals surface area contributed by atoms with Crippen molar-refractivity contribution in [2.24, 2.45) is 17.8 Å². The molecular weight excluding hydrogens is 394 g/mol. The lowest BCUT2D eigenvalue weighted by atomic mass is 9.88. The number of carbonyl (C=O) groups excluding carboxylic acids is 3. The number of likely N-dealkylation sites (tertiary alicyclic amines) is 1. The summed E-state index contributed by atoms with van der Waals surface area (Å²) >= 11 is 0. The minimum Gasteiger partial charge on any atom is -0.497 e. The molecule has 1 unspecified atom stereocenters. The molecule has 0 bridgehead atoms. The average molecular weight is 432 g/mol. The number of ether oxygens (including phenoxy) is 1. The molecule has 31 heavy (non-hydrogen) atoms. The molecule has 1 atom stereocenters. The molecule has 2 N–H and O–H groups in total. The van der Waals surface area contributed by atoms with Gasteiger partial charge in [-0.25, -0.2) is 0 Å². The second kappa shape index (κ2) is 11.7. The fraction of sp³-hybridized carbons (Fsp3) is 0.625. The van der Waals surface area contributed by atoms with Crippen molar-refractivity contribution in [2.75, 3.05) is 26.7 Å². The number of carbonyl (C=O) groups is 3. The quantitative estimate of drug-likeness (QED) is 0.629. The summed E-state index contributed by atoms with van der Waals surface area (Å²) in [6.45, 7) is 9.71. The summed E-state index contributed by atoms with van der Waals surface area (Å²) in [7, 11) is 1.58. The van der Waals surface area contributed by atoms with Gasteiger partial charge in [-0.2, -0.15) is 0 Å². The number of hydrogen-bond donors (Lipinski definition) is 2. The van der Waals surface area contributed by atoms with Crippen LogP contribution in [0.25, 0.3) is 0 Å². The Morgan fingerprint density at radius 2 is 1.77 bits per heavy atom. The average Bonchev–Trinajstić information content (AvgIpc) is 2.75. The van der Waals surface area contributed by atoms with E-state index in [-0.39, 0.29) is 29.6 Å². The van der Waals surface area contributed by atoms with Crippen molar-refractivity contribution in [1.82, 2.24) is 15.5 Å². The molecular formula is C24H37N3O4. The van der Waals surface area contributed by atoms with E-state index in [1.807, 2.05) is 38.7 Å². The van der Waals surface area contributed by atoms with Crippen molar-refractivity contribution in [3.05, 3.63) is 29.8 Å². The van der Waals surface area contributed by atoms with Crippen LogP contribution in [0.1, 0.15) is 57.3 Å². The molecule has 7 heteroatoms. The molecule has 1 heterocycles. The van der Waals surface area contributed by atoms with Gasteiger partial charge in [-0.3, -0.25) is 14.4 Å². The molecule has 0 aromatic heterocycles. The van der Waals surface area contributed by atoms with Gasteiger partial charge in [-0.1, -0.05) is 33.8 Å². The van der Waals surface area contributed by atoms with Crippen molar-refractivity contribution < 1.29 is 19.1 Å². The van der Waals surface area contributed by atoms with Crippen molar-refractivity contribution in [3.63, 3.8) is 0 Å². The molecule has 1 aliphatic heterocycles. The number of rotatable bonds is 9. The van der Waals surface area contributed by atoms with Gasteiger partial charge >= 0.3 is 0 Å². The number of benzene rings is 1. The van der Waals surface area contributed by atoms with E-state index in [0.29, 0.717) is 56.1 Å². The standard InChI is InChI=1S/C24H37N3O4/c1-16(2)13-21(28)26-22(23(29)25-15-17(3)4)18-9-11-27(12-10-18)24(30)19-7-6-8-20(14-19)31-5/h6-8,14,16-18,22H,9-13,15H2,1-5H3,(H,25,29)(H,26,28). The number of amides is 3. The Labute approximate surface area is 185 Å². The van der Waals surface area contributed by atoms with Gasteiger partial charge in [0.1, 0.15) is 11.8 Å². The van der Waals surface area contributed by atoms with Gasteiger partial charge in [0.25, 0.3) is 5.91 Å². The van der Waals surface area contributed by atoms with Crippen LogP contribution >= 0.6 is 0 Å². The maximum absolute atomic E-state index is 12.9. The van der Waals surface area contributed by atoms with Crippen LogP contribution in [0, 0.1) is 17.8 Å². The van der Waals surface area contributed by atoms with Gasteiger partial charge in [-0.15, -0.1) is 0 Å². The molecule has 0 aliphatic carbocycles. The first-order valence-electron chi connectivity index (χ1n) is 11.2. The Morgan fingerprint density at radius 3 is 2.35 bits per heavy atom. The van der Waals surface area contributed by atoms with E-state index in [2.05, 4.69) is 10.6 Å². The summed E-state index contributed by atoms with van der Waals surface area (Å²) in [6.07, 6.45) is 1.72. The number of hydrogen-bond acceptors (Lipinski definition) is 4. The molecule has 0 saturated carbocycles. The minimum absolute atomic E-state index is 0.00219. The van der Waals surface area contributed by atoms with Crippen molar-refractivity contribution in [3.8, 4) is 5.75 Å². The summed E-state index contributed by atoms with van der Waals surface area (Å²) in [5.41, 5.74) is 0.592. The van der Waals surface area contributed by atoms with Gasteiger partial charge in [-0.05, 0) is 48.8 Å². The summed E-state index contributed by atoms with van der Waals surface area (Å²) < 4.78 is 5.22. The third kappa shape index (κ3) is 7.56. The van der Waals surface area contributed by atoms with Gasteiger partial charge in [0, 0.05) is 31.6 Å². The van der Waals surface area contributed by atoms with Crippen molar-refractivity contribution in [1.29, 1.82) is 0 Å². The Balaban J connectivity index is 2.03. The molecule has 0 spiro atoms. The highest BCUT2D eigenvalue weighted by Gasteiger charge is 2.34. The summed E-state index contributed by atoms with van der Waals surface area (Å²) in [5, 5.41) is 5.92. The summed E-state index contributed by atoms with van der Waals surface area (Å²) in [5.74, 6) is 0.924. The van der Waals surface area contributed by atoms with Crippen LogP contribution in [0.2, 0.25) is 0 Å². The monoisotopic (exact) mass is 431 g/mol. The van der Waals surface area contributed by atoms with Crippen molar-refractivity contribution in [2.45, 2.75) is 53.0 Å². The lowest BCUT2D eigenvalue weighted by Crippen LogP contribution is -2.54. The Hall–Kier alpha value is -2.57. The number of methoxy groups -OCH3 is 1. The maximum Gasteiger partial charge on any atom is 0.253 e. The van der Waals surface area contributed by atoms with Gasteiger partial charge in [0.05, 0.1) is 7.11 Å². The zero-order valence-corrected chi connectivity index (χ0v) is 19.4. The lowest BCUT2D eigenvalue weighted by molar-refractivity contribution is -0.131. The van der Waals surface area contributed by atoms with E-state index in [1.54, 1.807) is 25.3 Å². The third-order valence-electron chi connectivity index (χ3n) is 5.49. The van der Waals surface area contributed by atoms with E-state index in [0.717, 1.165) is 0 Å². The van der Waals surface area contributed by atoms with Crippen LogP contribution in [-0.2, 0) is 9.59 Å². The molecule has 1 fully saturated rings. The van der Waals surface area contributed by atoms with Crippen LogP contribution < -0.4 is 15.4 Å². The summed E-state index contributed by atoms with van der Waals surface area (Å²) in [4.78, 5) is 39.9. The minimum atomic E-state index is -0.570. The van der Waals surface area contributed by atoms with Crippen LogP contribution in [0.4, 0.5) is 0 Å². The SMILES string of the molecule is COc1cccc(C(=O)N2CCC(C(NC(=O)CC(C)C)C(=O)NCC(C)C)CC2)c1. The molecule has 2 rings (SSSR count). The smallest absolute Gasteiger partial charge is 0.253 e.